The molecule has 0 radical (unpaired) electrons. The monoisotopic (exact) mass is 323 g/mol. The maximum Gasteiger partial charge on any atom is 0.416 e. The van der Waals surface area contributed by atoms with E-state index >= 15 is 0 Å². The number of ether oxygens (including phenoxy) is 1. The largest absolute Gasteiger partial charge is 0.465 e. The third kappa shape index (κ3) is 4.11. The van der Waals surface area contributed by atoms with Gasteiger partial charge in [0.25, 0.3) is 0 Å². The number of methoxy groups -OCH3 is 1. The van der Waals surface area contributed by atoms with E-state index in [9.17, 15) is 18.0 Å². The van der Waals surface area contributed by atoms with Gasteiger partial charge in [0.1, 0.15) is 0 Å². The van der Waals surface area contributed by atoms with Gasteiger partial charge in [0.05, 0.1) is 18.2 Å². The van der Waals surface area contributed by atoms with Crippen molar-refractivity contribution in [2.75, 3.05) is 20.2 Å². The van der Waals surface area contributed by atoms with Crippen LogP contribution in [0.3, 0.4) is 0 Å². The summed E-state index contributed by atoms with van der Waals surface area (Å²) in [5, 5.41) is 3.13. The smallest absolute Gasteiger partial charge is 0.416 e. The van der Waals surface area contributed by atoms with Crippen molar-refractivity contribution in [3.05, 3.63) is 34.9 Å². The summed E-state index contributed by atoms with van der Waals surface area (Å²) in [4.78, 5) is 11.4. The Hall–Kier alpha value is -1.27. The lowest BCUT2D eigenvalue weighted by molar-refractivity contribution is -0.138. The van der Waals surface area contributed by atoms with Crippen LogP contribution in [0.1, 0.15) is 40.2 Å². The molecule has 0 aromatic heterocycles. The molecule has 0 atom stereocenters. The van der Waals surface area contributed by atoms with Crippen molar-refractivity contribution in [2.24, 2.45) is 0 Å². The van der Waals surface area contributed by atoms with Crippen molar-refractivity contribution >= 4 is 18.4 Å². The van der Waals surface area contributed by atoms with Crippen molar-refractivity contribution in [1.29, 1.82) is 0 Å². The zero-order valence-corrected chi connectivity index (χ0v) is 12.3. The molecule has 1 fully saturated rings. The first-order valence-electron chi connectivity index (χ1n) is 6.43. The topological polar surface area (TPSA) is 38.3 Å². The number of carbonyl (C=O) groups excluding carboxylic acids is 1. The Kier molecular flexibility index (Phi) is 6.04. The maximum absolute atomic E-state index is 13.2. The zero-order chi connectivity index (χ0) is 14.8. The molecule has 118 valence electrons. The molecule has 7 heteroatoms. The average molecular weight is 324 g/mol. The zero-order valence-electron chi connectivity index (χ0n) is 11.5. The second-order valence-electron chi connectivity index (χ2n) is 4.82. The standard InChI is InChI=1S/C14H16F3NO2.ClH/c1-20-13(19)10-2-3-11(9-4-6-18-7-5-9)12(8-10)14(15,16)17;/h2-3,8-9,18H,4-7H2,1H3;1H. The number of benzene rings is 1. The molecule has 2 rings (SSSR count). The summed E-state index contributed by atoms with van der Waals surface area (Å²) in [5.41, 5.74) is -0.531. The van der Waals surface area contributed by atoms with E-state index in [1.54, 1.807) is 0 Å². The minimum atomic E-state index is -4.47. The number of hydrogen-bond acceptors (Lipinski definition) is 3. The van der Waals surface area contributed by atoms with E-state index in [1.165, 1.54) is 12.1 Å². The molecule has 1 aliphatic rings. The summed E-state index contributed by atoms with van der Waals surface area (Å²) in [6.07, 6.45) is -3.13. The normalized spacial score (nSPS) is 16.2. The van der Waals surface area contributed by atoms with Crippen molar-refractivity contribution in [2.45, 2.75) is 24.9 Å². The number of hydrogen-bond donors (Lipinski definition) is 1. The molecule has 0 amide bonds. The minimum absolute atomic E-state index is 0. The number of piperidine rings is 1. The summed E-state index contributed by atoms with van der Waals surface area (Å²) in [6, 6.07) is 3.70. The Labute approximate surface area is 127 Å². The fraction of sp³-hybridized carbons (Fsp3) is 0.500. The Bertz CT molecular complexity index is 499. The Morgan fingerprint density at radius 3 is 2.43 bits per heavy atom. The van der Waals surface area contributed by atoms with E-state index in [1.807, 2.05) is 0 Å². The minimum Gasteiger partial charge on any atom is -0.465 e. The summed E-state index contributed by atoms with van der Waals surface area (Å²) < 4.78 is 44.0. The predicted molar refractivity (Wildman–Crippen MR) is 74.9 cm³/mol. The second-order valence-corrected chi connectivity index (χ2v) is 4.82. The molecular weight excluding hydrogens is 307 g/mol. The van der Waals surface area contributed by atoms with Crippen LogP contribution in [0.5, 0.6) is 0 Å². The van der Waals surface area contributed by atoms with Crippen LogP contribution in [-0.4, -0.2) is 26.2 Å². The van der Waals surface area contributed by atoms with E-state index in [4.69, 9.17) is 0 Å². The molecule has 0 aliphatic carbocycles. The summed E-state index contributed by atoms with van der Waals surface area (Å²) in [7, 11) is 1.15. The van der Waals surface area contributed by atoms with Gasteiger partial charge in [-0.15, -0.1) is 12.4 Å². The molecule has 1 N–H and O–H groups in total. The van der Waals surface area contributed by atoms with E-state index in [0.717, 1.165) is 13.2 Å². The van der Waals surface area contributed by atoms with Gasteiger partial charge in [-0.25, -0.2) is 4.79 Å². The SMILES string of the molecule is COC(=O)c1ccc(C2CCNCC2)c(C(F)(F)F)c1.Cl. The number of esters is 1. The van der Waals surface area contributed by atoms with Crippen LogP contribution in [0.15, 0.2) is 18.2 Å². The lowest BCUT2D eigenvalue weighted by Gasteiger charge is -2.26. The number of halogens is 4. The van der Waals surface area contributed by atoms with E-state index in [-0.39, 0.29) is 29.5 Å². The van der Waals surface area contributed by atoms with Gasteiger partial charge in [0.2, 0.25) is 0 Å². The highest BCUT2D eigenvalue weighted by atomic mass is 35.5. The molecule has 21 heavy (non-hydrogen) atoms. The van der Waals surface area contributed by atoms with Crippen LogP contribution in [0.4, 0.5) is 13.2 Å². The van der Waals surface area contributed by atoms with Crippen molar-refractivity contribution in [3.8, 4) is 0 Å². The predicted octanol–water partition coefficient (Wildman–Crippen LogP) is 3.38. The Balaban J connectivity index is 0.00000220. The molecule has 1 aliphatic heterocycles. The number of carbonyl (C=O) groups is 1. The van der Waals surface area contributed by atoms with Crippen LogP contribution >= 0.6 is 12.4 Å². The summed E-state index contributed by atoms with van der Waals surface area (Å²) in [5.74, 6) is -0.882. The van der Waals surface area contributed by atoms with Gasteiger partial charge < -0.3 is 10.1 Å². The van der Waals surface area contributed by atoms with Gasteiger partial charge >= 0.3 is 12.1 Å². The van der Waals surface area contributed by atoms with Crippen molar-refractivity contribution < 1.29 is 22.7 Å². The number of nitrogens with one attached hydrogen (secondary N) is 1. The fourth-order valence-corrected chi connectivity index (χ4v) is 2.54. The van der Waals surface area contributed by atoms with Crippen LogP contribution in [0, 0.1) is 0 Å². The van der Waals surface area contributed by atoms with Gasteiger partial charge in [-0.1, -0.05) is 6.07 Å². The van der Waals surface area contributed by atoms with Gasteiger partial charge in [0.15, 0.2) is 0 Å². The van der Waals surface area contributed by atoms with Gasteiger partial charge in [0, 0.05) is 0 Å². The van der Waals surface area contributed by atoms with Crippen LogP contribution in [0.2, 0.25) is 0 Å². The first kappa shape index (κ1) is 17.8. The van der Waals surface area contributed by atoms with Crippen LogP contribution in [0.25, 0.3) is 0 Å². The maximum atomic E-state index is 13.2. The Morgan fingerprint density at radius 1 is 1.29 bits per heavy atom. The first-order chi connectivity index (χ1) is 9.43. The first-order valence-corrected chi connectivity index (χ1v) is 6.43. The van der Waals surface area contributed by atoms with Gasteiger partial charge in [-0.05, 0) is 49.5 Å². The third-order valence-electron chi connectivity index (χ3n) is 3.56. The molecule has 0 spiro atoms. The molecule has 0 bridgehead atoms. The van der Waals surface area contributed by atoms with E-state index in [2.05, 4.69) is 10.1 Å². The molecular formula is C14H17ClF3NO2. The highest BCUT2D eigenvalue weighted by Gasteiger charge is 2.36. The molecule has 1 saturated heterocycles. The van der Waals surface area contributed by atoms with Gasteiger partial charge in [-0.2, -0.15) is 13.2 Å². The molecule has 3 nitrogen and oxygen atoms in total. The van der Waals surface area contributed by atoms with Gasteiger partial charge in [-0.3, -0.25) is 0 Å². The second kappa shape index (κ2) is 7.13. The van der Waals surface area contributed by atoms with Crippen LogP contribution < -0.4 is 5.32 Å². The number of rotatable bonds is 2. The highest BCUT2D eigenvalue weighted by Crippen LogP contribution is 2.38. The molecule has 1 aromatic rings. The molecule has 0 unspecified atom stereocenters. The molecule has 0 saturated carbocycles. The lowest BCUT2D eigenvalue weighted by atomic mass is 9.86. The lowest BCUT2D eigenvalue weighted by Crippen LogP contribution is -2.28. The van der Waals surface area contributed by atoms with E-state index < -0.39 is 17.7 Å². The van der Waals surface area contributed by atoms with Crippen LogP contribution in [-0.2, 0) is 10.9 Å². The average Bonchev–Trinajstić information content (AvgIpc) is 2.46. The van der Waals surface area contributed by atoms with Crippen molar-refractivity contribution in [1.82, 2.24) is 5.32 Å². The van der Waals surface area contributed by atoms with Crippen molar-refractivity contribution in [3.63, 3.8) is 0 Å². The van der Waals surface area contributed by atoms with E-state index in [0.29, 0.717) is 25.9 Å². The Morgan fingerprint density at radius 2 is 1.90 bits per heavy atom. The number of alkyl halides is 3. The summed E-state index contributed by atoms with van der Waals surface area (Å²) >= 11 is 0. The quantitative estimate of drug-likeness (QED) is 0.848. The highest BCUT2D eigenvalue weighted by molar-refractivity contribution is 5.89. The summed E-state index contributed by atoms with van der Waals surface area (Å²) in [6.45, 7) is 1.42. The molecule has 1 heterocycles. The third-order valence-corrected chi connectivity index (χ3v) is 3.56. The molecule has 1 aromatic carbocycles. The fourth-order valence-electron chi connectivity index (χ4n) is 2.54.